The SMILES string of the molecule is C=Cc1ccc(Oc2ccc(C3(c4ccc(C)cc4)c4ccccc4-c4ccc(N(c5ccc(-c6cccc7c6oc6ccccc67)cc5)c5ccc6c(c5)C5(c7ccccc7-6)c6ccccc6-c6ccc(N(c7ccc(-c8cccc9c8oc8ccccc89)cc7)c7ccc8c(c7)C(c7ccc(C)cc7)(c7ccc(Oc9ccc(C=C)cc9)cc7)c7ccccc7-8)cc65)cc43)cc2)cc1. The van der Waals surface area contributed by atoms with Gasteiger partial charge in [0.15, 0.2) is 0 Å². The molecule has 636 valence electrons. The molecule has 26 rings (SSSR count). The van der Waals surface area contributed by atoms with Crippen LogP contribution in [0.2, 0.25) is 0 Å². The molecule has 1 spiro atoms. The van der Waals surface area contributed by atoms with Crippen LogP contribution in [0.25, 0.3) is 123 Å². The van der Waals surface area contributed by atoms with Gasteiger partial charge in [0, 0.05) is 66.8 Å². The minimum Gasteiger partial charge on any atom is -0.457 e. The van der Waals surface area contributed by atoms with Crippen LogP contribution >= 0.6 is 0 Å². The second kappa shape index (κ2) is 30.9. The molecule has 4 aliphatic rings. The van der Waals surface area contributed by atoms with E-state index in [1.54, 1.807) is 0 Å². The van der Waals surface area contributed by atoms with Gasteiger partial charge in [0.25, 0.3) is 0 Å². The Kier molecular flexibility index (Phi) is 18.0. The van der Waals surface area contributed by atoms with Gasteiger partial charge in [-0.25, -0.2) is 0 Å². The number of para-hydroxylation sites is 4. The third-order valence-corrected chi connectivity index (χ3v) is 29.1. The maximum Gasteiger partial charge on any atom is 0.143 e. The lowest BCUT2D eigenvalue weighted by Gasteiger charge is -2.36. The molecule has 0 saturated carbocycles. The summed E-state index contributed by atoms with van der Waals surface area (Å²) in [7, 11) is 0. The van der Waals surface area contributed by atoms with E-state index in [0.717, 1.165) is 146 Å². The fraction of sp³-hybridized carbons (Fsp3) is 0.0388. The summed E-state index contributed by atoms with van der Waals surface area (Å²) in [4.78, 5) is 5.01. The van der Waals surface area contributed by atoms with Gasteiger partial charge >= 0.3 is 0 Å². The molecule has 6 nitrogen and oxygen atoms in total. The van der Waals surface area contributed by atoms with Crippen LogP contribution in [0.5, 0.6) is 23.0 Å². The monoisotopic (exact) mass is 1730 g/mol. The van der Waals surface area contributed by atoms with Crippen LogP contribution < -0.4 is 19.3 Å². The Labute approximate surface area is 783 Å². The summed E-state index contributed by atoms with van der Waals surface area (Å²) in [5.41, 5.74) is 39.3. The molecule has 0 fully saturated rings. The van der Waals surface area contributed by atoms with E-state index in [1.165, 1.54) is 111 Å². The zero-order chi connectivity index (χ0) is 89.8. The minimum absolute atomic E-state index is 0.747. The van der Waals surface area contributed by atoms with Gasteiger partial charge in [0.2, 0.25) is 0 Å². The van der Waals surface area contributed by atoms with Crippen molar-refractivity contribution in [2.45, 2.75) is 30.1 Å². The molecule has 0 N–H and O–H groups in total. The highest BCUT2D eigenvalue weighted by Crippen LogP contribution is 2.66. The predicted molar refractivity (Wildman–Crippen MR) is 555 cm³/mol. The molecule has 0 bridgehead atoms. The molecule has 2 unspecified atom stereocenters. The largest absolute Gasteiger partial charge is 0.457 e. The molecular formula is C129H86N2O4. The second-order valence-electron chi connectivity index (χ2n) is 36.2. The average molecular weight is 1730 g/mol. The Morgan fingerprint density at radius 3 is 0.815 bits per heavy atom. The molecule has 6 heteroatoms. The van der Waals surface area contributed by atoms with Crippen molar-refractivity contribution in [3.05, 3.63) is 551 Å². The number of hydrogen-bond donors (Lipinski definition) is 0. The van der Waals surface area contributed by atoms with Crippen molar-refractivity contribution in [2.24, 2.45) is 0 Å². The van der Waals surface area contributed by atoms with E-state index < -0.39 is 16.2 Å². The van der Waals surface area contributed by atoms with Crippen LogP contribution in [-0.4, -0.2) is 0 Å². The number of fused-ring (bicyclic) bond motifs is 22. The van der Waals surface area contributed by atoms with Gasteiger partial charge in [-0.2, -0.15) is 0 Å². The molecular weight excluding hydrogens is 1640 g/mol. The zero-order valence-corrected chi connectivity index (χ0v) is 74.3. The summed E-state index contributed by atoms with van der Waals surface area (Å²) < 4.78 is 26.9. The van der Waals surface area contributed by atoms with Crippen molar-refractivity contribution in [3.8, 4) is 89.8 Å². The Hall–Kier alpha value is -17.3. The molecule has 0 aliphatic heterocycles. The van der Waals surface area contributed by atoms with Crippen LogP contribution in [0.3, 0.4) is 0 Å². The topological polar surface area (TPSA) is 51.2 Å². The van der Waals surface area contributed by atoms with Crippen LogP contribution in [0.15, 0.2) is 471 Å². The van der Waals surface area contributed by atoms with E-state index in [2.05, 4.69) is 425 Å². The molecule has 0 radical (unpaired) electrons. The maximum atomic E-state index is 6.79. The van der Waals surface area contributed by atoms with E-state index >= 15 is 0 Å². The number of anilines is 6. The van der Waals surface area contributed by atoms with E-state index in [1.807, 2.05) is 72.8 Å². The van der Waals surface area contributed by atoms with E-state index in [0.29, 0.717) is 0 Å². The highest BCUT2D eigenvalue weighted by atomic mass is 16.5. The smallest absolute Gasteiger partial charge is 0.143 e. The van der Waals surface area contributed by atoms with Crippen molar-refractivity contribution in [3.63, 3.8) is 0 Å². The molecule has 0 amide bonds. The van der Waals surface area contributed by atoms with Crippen molar-refractivity contribution in [1.82, 2.24) is 0 Å². The van der Waals surface area contributed by atoms with Crippen molar-refractivity contribution in [2.75, 3.05) is 9.80 Å². The number of aryl methyl sites for hydroxylation is 2. The molecule has 2 aromatic heterocycles. The Balaban J connectivity index is 0.677. The number of rotatable bonds is 18. The number of nitrogens with zero attached hydrogens (tertiary/aromatic N) is 2. The van der Waals surface area contributed by atoms with Crippen molar-refractivity contribution < 1.29 is 18.3 Å². The lowest BCUT2D eigenvalue weighted by Crippen LogP contribution is -2.29. The first-order chi connectivity index (χ1) is 66.6. The third kappa shape index (κ3) is 12.1. The van der Waals surface area contributed by atoms with Gasteiger partial charge < -0.3 is 28.1 Å². The third-order valence-electron chi connectivity index (χ3n) is 29.1. The van der Waals surface area contributed by atoms with Gasteiger partial charge in [0.1, 0.15) is 45.3 Å². The summed E-state index contributed by atoms with van der Waals surface area (Å²) in [6.07, 6.45) is 3.71. The lowest BCUT2D eigenvalue weighted by atomic mass is 9.67. The number of furan rings is 2. The first kappa shape index (κ1) is 78.7. The molecule has 22 aromatic rings. The zero-order valence-electron chi connectivity index (χ0n) is 74.3. The molecule has 2 atom stereocenters. The summed E-state index contributed by atoms with van der Waals surface area (Å²) in [5.74, 6) is 3.01. The highest BCUT2D eigenvalue weighted by molar-refractivity contribution is 6.11. The Morgan fingerprint density at radius 1 is 0.222 bits per heavy atom. The summed E-state index contributed by atoms with van der Waals surface area (Å²) in [6.45, 7) is 12.4. The van der Waals surface area contributed by atoms with E-state index in [9.17, 15) is 0 Å². The van der Waals surface area contributed by atoms with Gasteiger partial charge in [-0.3, -0.25) is 0 Å². The maximum absolute atomic E-state index is 6.79. The molecule has 0 saturated heterocycles. The fourth-order valence-corrected chi connectivity index (χ4v) is 23.0. The number of benzene rings is 20. The number of ether oxygens (including phenoxy) is 2. The second-order valence-corrected chi connectivity index (χ2v) is 36.2. The van der Waals surface area contributed by atoms with Crippen LogP contribution in [0.4, 0.5) is 34.1 Å². The number of hydrogen-bond acceptors (Lipinski definition) is 6. The predicted octanol–water partition coefficient (Wildman–Crippen LogP) is 34.3. The summed E-state index contributed by atoms with van der Waals surface area (Å²) >= 11 is 0. The lowest BCUT2D eigenvalue weighted by molar-refractivity contribution is 0.482. The highest BCUT2D eigenvalue weighted by Gasteiger charge is 2.54. The normalized spacial score (nSPS) is 15.5. The standard InChI is InChI=1S/C129H86N2O4/c1-5-83-41-65-97(66-42-83)132-99-69-53-89(54-70-99)127(87-49-37-81(3)38-50-87)115-31-13-7-21-103(115)107-73-61-93(77-119(107)127)130(91-57-45-85(46-58-91)101-27-19-29-113-111-25-11-17-35-123(111)134-125(101)113)95-63-75-109-105-23-9-15-33-117(105)129(121(109)79-95)118-34-16-10-24-106(118)110-76-64-96(80-122(110)129)131(92-59-47-86(48-60-92)102-28-20-30-114-112-26-12-18-36-124(112)135-126(102)114)94-62-74-108-104-22-8-14-32-116(104)128(120(108)78-94,88-51-39-82(4)40-52-88)90-55-71-100(72-56-90)133-98-67-43-84(6-2)44-68-98/h5-80H,1-2H2,3-4H3. The molecule has 20 aromatic carbocycles. The average Bonchev–Trinajstić information content (AvgIpc) is 1.51. The fourth-order valence-electron chi connectivity index (χ4n) is 23.0. The van der Waals surface area contributed by atoms with Crippen molar-refractivity contribution >= 4 is 90.2 Å². The van der Waals surface area contributed by atoms with Gasteiger partial charge in [0.05, 0.1) is 16.2 Å². The Bertz CT molecular complexity index is 8070. The summed E-state index contributed by atoms with van der Waals surface area (Å²) in [5, 5.41) is 4.36. The van der Waals surface area contributed by atoms with Gasteiger partial charge in [-0.15, -0.1) is 0 Å². The Morgan fingerprint density at radius 2 is 0.481 bits per heavy atom. The summed E-state index contributed by atoms with van der Waals surface area (Å²) in [6, 6.07) is 166. The van der Waals surface area contributed by atoms with Crippen molar-refractivity contribution in [1.29, 1.82) is 0 Å². The van der Waals surface area contributed by atoms with Crippen LogP contribution in [-0.2, 0) is 16.2 Å². The van der Waals surface area contributed by atoms with Gasteiger partial charge in [-0.05, 0) is 281 Å². The molecule has 135 heavy (non-hydrogen) atoms. The molecule has 4 aliphatic carbocycles. The minimum atomic E-state index is -0.846. The van der Waals surface area contributed by atoms with Crippen LogP contribution in [0, 0.1) is 13.8 Å². The van der Waals surface area contributed by atoms with E-state index in [4.69, 9.17) is 18.3 Å². The quantitative estimate of drug-likeness (QED) is 0.0853. The first-order valence-electron chi connectivity index (χ1n) is 46.3. The van der Waals surface area contributed by atoms with E-state index in [-0.39, 0.29) is 0 Å². The van der Waals surface area contributed by atoms with Gasteiger partial charge in [-0.1, -0.05) is 352 Å². The first-order valence-corrected chi connectivity index (χ1v) is 46.3. The molecule has 2 heterocycles. The van der Waals surface area contributed by atoms with Crippen LogP contribution in [0.1, 0.15) is 89.0 Å².